The molecule has 0 amide bonds. The van der Waals surface area contributed by atoms with Gasteiger partial charge in [0.25, 0.3) is 5.69 Å². The van der Waals surface area contributed by atoms with Crippen molar-refractivity contribution in [2.45, 2.75) is 12.8 Å². The fraction of sp³-hybridized carbons (Fsp3) is 0.150. The second-order valence-corrected chi connectivity index (χ2v) is 6.90. The molecule has 3 aromatic rings. The normalized spacial score (nSPS) is 11.4. The smallest absolute Gasteiger partial charge is 0.270 e. The predicted octanol–water partition coefficient (Wildman–Crippen LogP) is 4.28. The summed E-state index contributed by atoms with van der Waals surface area (Å²) in [5, 5.41) is 22.4. The fourth-order valence-corrected chi connectivity index (χ4v) is 3.43. The van der Waals surface area contributed by atoms with Crippen LogP contribution >= 0.6 is 11.3 Å². The summed E-state index contributed by atoms with van der Waals surface area (Å²) in [7, 11) is 0. The number of rotatable bonds is 7. The van der Waals surface area contributed by atoms with E-state index in [0.29, 0.717) is 22.0 Å². The van der Waals surface area contributed by atoms with E-state index in [1.54, 1.807) is 29.6 Å². The number of carbonyl (C=O) groups excluding carboxylic acids is 1. The molecule has 7 nitrogen and oxygen atoms in total. The lowest BCUT2D eigenvalue weighted by Gasteiger charge is -2.08. The minimum absolute atomic E-state index is 0.0495. The molecule has 0 aliphatic carbocycles. The van der Waals surface area contributed by atoms with Crippen molar-refractivity contribution in [2.75, 3.05) is 6.61 Å². The third-order valence-corrected chi connectivity index (χ3v) is 4.85. The summed E-state index contributed by atoms with van der Waals surface area (Å²) in [4.78, 5) is 27.2. The molecule has 0 aliphatic rings. The van der Waals surface area contributed by atoms with E-state index in [2.05, 4.69) is 4.98 Å². The average molecular weight is 393 g/mol. The fourth-order valence-electron chi connectivity index (χ4n) is 2.54. The highest BCUT2D eigenvalue weighted by Gasteiger charge is 2.24. The number of nitrogens with zero attached hydrogens (tertiary/aromatic N) is 3. The lowest BCUT2D eigenvalue weighted by atomic mass is 10.1. The van der Waals surface area contributed by atoms with Gasteiger partial charge in [-0.2, -0.15) is 5.26 Å². The van der Waals surface area contributed by atoms with Crippen molar-refractivity contribution in [1.82, 2.24) is 4.98 Å². The zero-order valence-electron chi connectivity index (χ0n) is 14.9. The highest BCUT2D eigenvalue weighted by molar-refractivity contribution is 7.10. The van der Waals surface area contributed by atoms with Gasteiger partial charge in [0.15, 0.2) is 11.7 Å². The Balaban J connectivity index is 1.74. The number of hydrogen-bond acceptors (Lipinski definition) is 7. The Labute approximate surface area is 165 Å². The molecule has 3 rings (SSSR count). The predicted molar refractivity (Wildman–Crippen MR) is 104 cm³/mol. The zero-order valence-corrected chi connectivity index (χ0v) is 15.7. The lowest BCUT2D eigenvalue weighted by molar-refractivity contribution is -0.384. The number of nitro benzene ring substituents is 1. The maximum absolute atomic E-state index is 12.5. The molecule has 1 atom stereocenters. The van der Waals surface area contributed by atoms with Crippen molar-refractivity contribution < 1.29 is 14.5 Å². The Morgan fingerprint density at radius 1 is 1.32 bits per heavy atom. The monoisotopic (exact) mass is 393 g/mol. The Hall–Kier alpha value is -3.57. The number of ether oxygens (including phenoxy) is 1. The summed E-state index contributed by atoms with van der Waals surface area (Å²) >= 11 is 1.16. The molecule has 2 aromatic carbocycles. The molecule has 0 N–H and O–H groups in total. The number of nitriles is 1. The number of thiazole rings is 1. The number of nitro groups is 1. The number of aryl methyl sites for hydroxylation is 1. The summed E-state index contributed by atoms with van der Waals surface area (Å²) in [5.74, 6) is -0.896. The molecule has 0 saturated heterocycles. The van der Waals surface area contributed by atoms with Gasteiger partial charge in [0.05, 0.1) is 16.7 Å². The van der Waals surface area contributed by atoms with E-state index in [0.717, 1.165) is 16.9 Å². The van der Waals surface area contributed by atoms with Gasteiger partial charge in [0, 0.05) is 23.1 Å². The molecule has 28 heavy (non-hydrogen) atoms. The van der Waals surface area contributed by atoms with Gasteiger partial charge in [0.1, 0.15) is 17.4 Å². The Bertz CT molecular complexity index is 1070. The van der Waals surface area contributed by atoms with Gasteiger partial charge in [0.2, 0.25) is 0 Å². The van der Waals surface area contributed by atoms with Gasteiger partial charge in [-0.15, -0.1) is 11.3 Å². The van der Waals surface area contributed by atoms with Crippen LogP contribution in [-0.4, -0.2) is 22.3 Å². The Morgan fingerprint density at radius 3 is 2.82 bits per heavy atom. The van der Waals surface area contributed by atoms with Crippen LogP contribution in [0, 0.1) is 28.4 Å². The molecular formula is C20H15N3O4S. The lowest BCUT2D eigenvalue weighted by Crippen LogP contribution is -2.19. The first-order valence-electron chi connectivity index (χ1n) is 8.30. The SMILES string of the molecule is Cc1cccc(OCC(=O)C(C#N)c2nc(-c3cccc([N+](=O)[O-])c3)cs2)c1. The van der Waals surface area contributed by atoms with Crippen LogP contribution in [-0.2, 0) is 4.79 Å². The van der Waals surface area contributed by atoms with Crippen LogP contribution in [0.4, 0.5) is 5.69 Å². The number of benzene rings is 2. The molecule has 0 saturated carbocycles. The van der Waals surface area contributed by atoms with Crippen molar-refractivity contribution in [1.29, 1.82) is 5.26 Å². The summed E-state index contributed by atoms with van der Waals surface area (Å²) in [6.07, 6.45) is 0. The summed E-state index contributed by atoms with van der Waals surface area (Å²) in [6, 6.07) is 15.3. The van der Waals surface area contributed by atoms with E-state index in [1.165, 1.54) is 12.1 Å². The molecule has 1 unspecified atom stereocenters. The van der Waals surface area contributed by atoms with Crippen molar-refractivity contribution in [2.24, 2.45) is 0 Å². The summed E-state index contributed by atoms with van der Waals surface area (Å²) < 4.78 is 5.49. The number of hydrogen-bond donors (Lipinski definition) is 0. The third kappa shape index (κ3) is 4.39. The Kier molecular flexibility index (Phi) is 5.77. The molecule has 0 aliphatic heterocycles. The maximum atomic E-state index is 12.5. The van der Waals surface area contributed by atoms with Crippen LogP contribution in [0.1, 0.15) is 16.5 Å². The van der Waals surface area contributed by atoms with Gasteiger partial charge in [-0.05, 0) is 24.6 Å². The molecule has 8 heteroatoms. The summed E-state index contributed by atoms with van der Waals surface area (Å²) in [5.41, 5.74) is 1.99. The third-order valence-electron chi connectivity index (χ3n) is 3.94. The topological polar surface area (TPSA) is 106 Å². The first kappa shape index (κ1) is 19.2. The molecule has 1 heterocycles. The average Bonchev–Trinajstić information content (AvgIpc) is 3.17. The van der Waals surface area contributed by atoms with Crippen LogP contribution in [0.2, 0.25) is 0 Å². The number of ketones is 1. The summed E-state index contributed by atoms with van der Waals surface area (Å²) in [6.45, 7) is 1.67. The first-order chi connectivity index (χ1) is 13.5. The van der Waals surface area contributed by atoms with E-state index in [1.807, 2.05) is 25.1 Å². The molecule has 1 aromatic heterocycles. The number of aromatic nitrogens is 1. The largest absolute Gasteiger partial charge is 0.486 e. The molecule has 0 fully saturated rings. The quantitative estimate of drug-likeness (QED) is 0.438. The first-order valence-corrected chi connectivity index (χ1v) is 9.18. The van der Waals surface area contributed by atoms with Crippen LogP contribution in [0.3, 0.4) is 0 Å². The molecule has 0 spiro atoms. The van der Waals surface area contributed by atoms with Crippen LogP contribution < -0.4 is 4.74 Å². The zero-order chi connectivity index (χ0) is 20.1. The minimum Gasteiger partial charge on any atom is -0.486 e. The highest BCUT2D eigenvalue weighted by Crippen LogP contribution is 2.29. The van der Waals surface area contributed by atoms with E-state index >= 15 is 0 Å². The Morgan fingerprint density at radius 2 is 2.11 bits per heavy atom. The molecule has 0 bridgehead atoms. The van der Waals surface area contributed by atoms with Gasteiger partial charge in [-0.3, -0.25) is 14.9 Å². The standard InChI is InChI=1S/C20H15N3O4S/c1-13-4-2-7-16(8-13)27-11-19(24)17(10-21)20-22-18(12-28-20)14-5-3-6-15(9-14)23(25)26/h2-9,12,17H,11H2,1H3. The molecule has 0 radical (unpaired) electrons. The van der Waals surface area contributed by atoms with Gasteiger partial charge < -0.3 is 4.74 Å². The van der Waals surface area contributed by atoms with Crippen molar-refractivity contribution in [3.05, 3.63) is 74.6 Å². The number of carbonyl (C=O) groups is 1. The molecule has 140 valence electrons. The van der Waals surface area contributed by atoms with Crippen molar-refractivity contribution in [3.63, 3.8) is 0 Å². The van der Waals surface area contributed by atoms with E-state index < -0.39 is 16.6 Å². The second-order valence-electron chi connectivity index (χ2n) is 6.01. The number of Topliss-reactive ketones (excluding diaryl/α,β-unsaturated/α-hetero) is 1. The molecular weight excluding hydrogens is 378 g/mol. The van der Waals surface area contributed by atoms with E-state index in [-0.39, 0.29) is 12.3 Å². The van der Waals surface area contributed by atoms with Crippen LogP contribution in [0.25, 0.3) is 11.3 Å². The van der Waals surface area contributed by atoms with Crippen LogP contribution in [0.5, 0.6) is 5.75 Å². The van der Waals surface area contributed by atoms with Gasteiger partial charge in [-0.1, -0.05) is 24.3 Å². The maximum Gasteiger partial charge on any atom is 0.270 e. The van der Waals surface area contributed by atoms with E-state index in [4.69, 9.17) is 4.74 Å². The number of non-ortho nitro benzene ring substituents is 1. The minimum atomic E-state index is -1.05. The van der Waals surface area contributed by atoms with E-state index in [9.17, 15) is 20.2 Å². The van der Waals surface area contributed by atoms with Crippen molar-refractivity contribution in [3.8, 4) is 23.1 Å². The van der Waals surface area contributed by atoms with Gasteiger partial charge >= 0.3 is 0 Å². The second kappa shape index (κ2) is 8.41. The van der Waals surface area contributed by atoms with Gasteiger partial charge in [-0.25, -0.2) is 4.98 Å². The highest BCUT2D eigenvalue weighted by atomic mass is 32.1. The van der Waals surface area contributed by atoms with Crippen LogP contribution in [0.15, 0.2) is 53.9 Å². The van der Waals surface area contributed by atoms with Crippen molar-refractivity contribution >= 4 is 22.8 Å².